The van der Waals surface area contributed by atoms with Crippen molar-refractivity contribution < 1.29 is 4.84 Å². The minimum atomic E-state index is -0.478. The number of nitrogens with two attached hydrogens (primary N) is 1. The Labute approximate surface area is 127 Å². The van der Waals surface area contributed by atoms with Crippen LogP contribution in [0, 0.1) is 0 Å². The predicted molar refractivity (Wildman–Crippen MR) is 83.5 cm³/mol. The number of nitrogen functional groups attached to an aromatic ring is 1. The minimum Gasteiger partial charge on any atom is -0.399 e. The van der Waals surface area contributed by atoms with E-state index in [-0.39, 0.29) is 0 Å². The van der Waals surface area contributed by atoms with Crippen LogP contribution in [0.5, 0.6) is 0 Å². The summed E-state index contributed by atoms with van der Waals surface area (Å²) in [7, 11) is 1.52. The molecule has 0 aliphatic heterocycles. The molecule has 1 aliphatic rings. The molecule has 1 aromatic carbocycles. The molecule has 0 saturated heterocycles. The number of aromatic nitrogens is 2. The molecule has 0 amide bonds. The van der Waals surface area contributed by atoms with E-state index in [2.05, 4.69) is 15.1 Å². The Hall–Kier alpha value is -2.14. The summed E-state index contributed by atoms with van der Waals surface area (Å²) in [5, 5.41) is 4.81. The molecule has 0 unspecified atom stereocenters. The van der Waals surface area contributed by atoms with Gasteiger partial charge in [-0.1, -0.05) is 28.9 Å². The van der Waals surface area contributed by atoms with Crippen LogP contribution < -0.4 is 5.73 Å². The molecule has 1 aliphatic carbocycles. The predicted octanol–water partition coefficient (Wildman–Crippen LogP) is 3.02. The van der Waals surface area contributed by atoms with Gasteiger partial charge in [-0.15, -0.1) is 0 Å². The maximum Gasteiger partial charge on any atom is 0.131 e. The van der Waals surface area contributed by atoms with Crippen LogP contribution in [-0.2, 0) is 10.3 Å². The largest absolute Gasteiger partial charge is 0.399 e. The Morgan fingerprint density at radius 3 is 2.76 bits per heavy atom. The zero-order valence-electron chi connectivity index (χ0n) is 12.0. The average molecular weight is 303 g/mol. The molecule has 108 valence electrons. The van der Waals surface area contributed by atoms with Crippen LogP contribution in [0.2, 0.25) is 5.02 Å². The number of rotatable bonds is 1. The van der Waals surface area contributed by atoms with E-state index in [0.717, 1.165) is 28.1 Å². The third-order valence-electron chi connectivity index (χ3n) is 3.78. The van der Waals surface area contributed by atoms with Crippen molar-refractivity contribution in [2.75, 3.05) is 12.8 Å². The van der Waals surface area contributed by atoms with E-state index in [1.54, 1.807) is 0 Å². The number of benzene rings is 1. The standard InChI is InChI=1S/C15H15ClN4O/c1-15(2)11-12(18-7-19-14(11)17)10-8(13(15)20-21-3)5-4-6-9(10)16/h4-7H,1-3H3,(H2,17,18,19). The summed E-state index contributed by atoms with van der Waals surface area (Å²) >= 11 is 6.38. The molecule has 0 bridgehead atoms. The van der Waals surface area contributed by atoms with Crippen molar-refractivity contribution in [2.45, 2.75) is 19.3 Å². The van der Waals surface area contributed by atoms with Gasteiger partial charge in [0, 0.05) is 22.1 Å². The molecular formula is C15H15ClN4O. The molecular weight excluding hydrogens is 288 g/mol. The first kappa shape index (κ1) is 13.8. The molecule has 1 heterocycles. The van der Waals surface area contributed by atoms with Gasteiger partial charge in [0.1, 0.15) is 19.3 Å². The summed E-state index contributed by atoms with van der Waals surface area (Å²) in [6.45, 7) is 4.04. The second-order valence-corrected chi connectivity index (χ2v) is 5.80. The number of halogens is 1. The van der Waals surface area contributed by atoms with Gasteiger partial charge in [0.05, 0.1) is 16.4 Å². The number of hydrogen-bond donors (Lipinski definition) is 1. The Balaban J connectivity index is 2.47. The third kappa shape index (κ3) is 1.88. The lowest BCUT2D eigenvalue weighted by Crippen LogP contribution is -2.36. The lowest BCUT2D eigenvalue weighted by Gasteiger charge is -2.34. The molecule has 5 nitrogen and oxygen atoms in total. The third-order valence-corrected chi connectivity index (χ3v) is 4.10. The van der Waals surface area contributed by atoms with E-state index in [1.807, 2.05) is 32.0 Å². The Morgan fingerprint density at radius 2 is 2.05 bits per heavy atom. The molecule has 1 aromatic heterocycles. The first-order valence-electron chi connectivity index (χ1n) is 6.50. The molecule has 0 saturated carbocycles. The summed E-state index contributed by atoms with van der Waals surface area (Å²) in [5.74, 6) is 0.430. The van der Waals surface area contributed by atoms with Crippen LogP contribution in [0.25, 0.3) is 11.3 Å². The summed E-state index contributed by atoms with van der Waals surface area (Å²) in [6, 6.07) is 5.67. The fourth-order valence-electron chi connectivity index (χ4n) is 2.88. The van der Waals surface area contributed by atoms with Crippen LogP contribution in [0.4, 0.5) is 5.82 Å². The van der Waals surface area contributed by atoms with E-state index in [0.29, 0.717) is 10.8 Å². The Bertz CT molecular complexity index is 755. The quantitative estimate of drug-likeness (QED) is 0.822. The normalized spacial score (nSPS) is 17.2. The van der Waals surface area contributed by atoms with Crippen LogP contribution in [0.3, 0.4) is 0 Å². The fourth-order valence-corrected chi connectivity index (χ4v) is 3.14. The molecule has 6 heteroatoms. The second kappa shape index (κ2) is 4.70. The summed E-state index contributed by atoms with van der Waals surface area (Å²) in [4.78, 5) is 13.5. The van der Waals surface area contributed by atoms with Crippen molar-refractivity contribution >= 4 is 23.1 Å². The van der Waals surface area contributed by atoms with E-state index < -0.39 is 5.41 Å². The lowest BCUT2D eigenvalue weighted by molar-refractivity contribution is 0.211. The van der Waals surface area contributed by atoms with Crippen molar-refractivity contribution in [2.24, 2.45) is 5.16 Å². The fraction of sp³-hybridized carbons (Fsp3) is 0.267. The van der Waals surface area contributed by atoms with E-state index in [4.69, 9.17) is 22.2 Å². The maximum absolute atomic E-state index is 6.38. The zero-order chi connectivity index (χ0) is 15.2. The van der Waals surface area contributed by atoms with Crippen LogP contribution in [0.1, 0.15) is 25.0 Å². The number of hydrogen-bond acceptors (Lipinski definition) is 5. The lowest BCUT2D eigenvalue weighted by atomic mass is 9.70. The van der Waals surface area contributed by atoms with Gasteiger partial charge in [-0.2, -0.15) is 0 Å². The Morgan fingerprint density at radius 1 is 1.29 bits per heavy atom. The summed E-state index contributed by atoms with van der Waals surface area (Å²) in [5.41, 5.74) is 9.67. The highest BCUT2D eigenvalue weighted by molar-refractivity contribution is 6.35. The SMILES string of the molecule is CON=C1c2cccc(Cl)c2-c2ncnc(N)c2C1(C)C. The van der Waals surface area contributed by atoms with Gasteiger partial charge >= 0.3 is 0 Å². The number of anilines is 1. The topological polar surface area (TPSA) is 73.4 Å². The van der Waals surface area contributed by atoms with Crippen molar-refractivity contribution in [3.8, 4) is 11.3 Å². The van der Waals surface area contributed by atoms with Gasteiger partial charge in [-0.3, -0.25) is 0 Å². The van der Waals surface area contributed by atoms with Crippen molar-refractivity contribution in [3.63, 3.8) is 0 Å². The van der Waals surface area contributed by atoms with E-state index in [9.17, 15) is 0 Å². The van der Waals surface area contributed by atoms with Gasteiger partial charge in [-0.25, -0.2) is 9.97 Å². The van der Waals surface area contributed by atoms with Gasteiger partial charge < -0.3 is 10.6 Å². The number of nitrogens with zero attached hydrogens (tertiary/aromatic N) is 3. The highest BCUT2D eigenvalue weighted by atomic mass is 35.5. The van der Waals surface area contributed by atoms with Crippen molar-refractivity contribution in [3.05, 3.63) is 40.7 Å². The van der Waals surface area contributed by atoms with Gasteiger partial charge in [0.2, 0.25) is 0 Å². The molecule has 0 radical (unpaired) electrons. The van der Waals surface area contributed by atoms with Crippen LogP contribution >= 0.6 is 11.6 Å². The molecule has 0 atom stereocenters. The summed E-state index contributed by atoms with van der Waals surface area (Å²) in [6.07, 6.45) is 1.45. The monoisotopic (exact) mass is 302 g/mol. The van der Waals surface area contributed by atoms with Gasteiger partial charge in [-0.05, 0) is 19.9 Å². The van der Waals surface area contributed by atoms with E-state index in [1.165, 1.54) is 13.4 Å². The number of oxime groups is 1. The highest BCUT2D eigenvalue weighted by Gasteiger charge is 2.41. The minimum absolute atomic E-state index is 0.430. The first-order valence-corrected chi connectivity index (χ1v) is 6.88. The highest BCUT2D eigenvalue weighted by Crippen LogP contribution is 2.46. The van der Waals surface area contributed by atoms with Crippen LogP contribution in [0.15, 0.2) is 29.7 Å². The molecule has 2 N–H and O–H groups in total. The molecule has 0 spiro atoms. The first-order chi connectivity index (χ1) is 9.98. The van der Waals surface area contributed by atoms with Crippen molar-refractivity contribution in [1.82, 2.24) is 9.97 Å². The van der Waals surface area contributed by atoms with Gasteiger partial charge in [0.25, 0.3) is 0 Å². The average Bonchev–Trinajstić information content (AvgIpc) is 2.43. The maximum atomic E-state index is 6.38. The summed E-state index contributed by atoms with van der Waals surface area (Å²) < 4.78 is 0. The van der Waals surface area contributed by atoms with Crippen molar-refractivity contribution in [1.29, 1.82) is 0 Å². The van der Waals surface area contributed by atoms with Gasteiger partial charge in [0.15, 0.2) is 0 Å². The van der Waals surface area contributed by atoms with E-state index >= 15 is 0 Å². The second-order valence-electron chi connectivity index (χ2n) is 5.39. The molecule has 0 fully saturated rings. The molecule has 3 rings (SSSR count). The number of fused-ring (bicyclic) bond motifs is 3. The zero-order valence-corrected chi connectivity index (χ0v) is 12.8. The smallest absolute Gasteiger partial charge is 0.131 e. The molecule has 2 aromatic rings. The molecule has 21 heavy (non-hydrogen) atoms. The van der Waals surface area contributed by atoms with Crippen LogP contribution in [-0.4, -0.2) is 22.8 Å². The Kier molecular flexibility index (Phi) is 3.10.